The quantitative estimate of drug-likeness (QED) is 0.531. The lowest BCUT2D eigenvalue weighted by molar-refractivity contribution is -0.202. The number of nitrogens with one attached hydrogen (secondary N) is 1. The van der Waals surface area contributed by atoms with Crippen LogP contribution in [0.15, 0.2) is 0 Å². The Hall–Kier alpha value is -0.650. The first-order chi connectivity index (χ1) is 15.2. The number of carbonyl (C=O) groups excluding carboxylic acids is 1. The summed E-state index contributed by atoms with van der Waals surface area (Å²) >= 11 is 0. The summed E-state index contributed by atoms with van der Waals surface area (Å²) in [4.78, 5) is 11.7. The van der Waals surface area contributed by atoms with Crippen LogP contribution >= 0.6 is 0 Å². The summed E-state index contributed by atoms with van der Waals surface area (Å²) < 4.78 is 4.86. The highest BCUT2D eigenvalue weighted by Gasteiger charge is 2.65. The molecule has 0 amide bonds. The second kappa shape index (κ2) is 9.19. The van der Waals surface area contributed by atoms with E-state index in [9.17, 15) is 15.0 Å². The van der Waals surface area contributed by atoms with Crippen molar-refractivity contribution in [3.8, 4) is 0 Å². The molecule has 3 N–H and O–H groups in total. The van der Waals surface area contributed by atoms with Crippen LogP contribution in [0.5, 0.6) is 0 Å². The molecule has 0 aliphatic heterocycles. The summed E-state index contributed by atoms with van der Waals surface area (Å²) in [5.74, 6) is 2.26. The lowest BCUT2D eigenvalue weighted by Crippen LogP contribution is -2.62. The molecule has 5 nitrogen and oxygen atoms in total. The van der Waals surface area contributed by atoms with Gasteiger partial charge in [0.1, 0.15) is 0 Å². The zero-order chi connectivity index (χ0) is 23.3. The minimum absolute atomic E-state index is 0.143. The normalized spacial score (nSPS) is 49.0. The molecule has 0 spiro atoms. The van der Waals surface area contributed by atoms with E-state index >= 15 is 0 Å². The van der Waals surface area contributed by atoms with Crippen LogP contribution in [-0.2, 0) is 9.53 Å². The van der Waals surface area contributed by atoms with Gasteiger partial charge in [-0.3, -0.25) is 4.79 Å². The number of hydrogen-bond donors (Lipinski definition) is 3. The predicted octanol–water partition coefficient (Wildman–Crippen LogP) is 4.15. The fourth-order valence-corrected chi connectivity index (χ4v) is 9.28. The van der Waals surface area contributed by atoms with E-state index in [1.54, 1.807) is 0 Å². The van der Waals surface area contributed by atoms with E-state index in [1.807, 2.05) is 0 Å². The van der Waals surface area contributed by atoms with Gasteiger partial charge in [0, 0.05) is 12.5 Å². The highest BCUT2D eigenvalue weighted by atomic mass is 16.5. The van der Waals surface area contributed by atoms with E-state index in [1.165, 1.54) is 20.0 Å². The summed E-state index contributed by atoms with van der Waals surface area (Å²) in [6, 6.07) is 0.576. The van der Waals surface area contributed by atoms with E-state index in [-0.39, 0.29) is 29.0 Å². The Morgan fingerprint density at radius 1 is 1.12 bits per heavy atom. The van der Waals surface area contributed by atoms with E-state index in [0.29, 0.717) is 48.0 Å². The first-order valence-electron chi connectivity index (χ1n) is 13.3. The van der Waals surface area contributed by atoms with Gasteiger partial charge in [-0.1, -0.05) is 27.7 Å². The van der Waals surface area contributed by atoms with Crippen LogP contribution in [0.1, 0.15) is 85.5 Å². The average Bonchev–Trinajstić information content (AvgIpc) is 3.12. The number of esters is 1. The standard InChI is InChI=1S/C27H47NO4/c1-6-28-18-11-12-26(3)17(13-18)14-22(29)25-20-9-8-19(16(2)7-10-24(31)32-5)27(20,4)23(30)15-21(25)26/h16-23,25,28-30H,6-15H2,1-5H3/t16?,17-,18-,19+,20?,21?,22?,23-,25?,26-,27+/m0/s1. The molecule has 0 heterocycles. The number of fused-ring (bicyclic) bond motifs is 5. The number of hydrogen-bond acceptors (Lipinski definition) is 5. The van der Waals surface area contributed by atoms with Crippen molar-refractivity contribution < 1.29 is 19.7 Å². The largest absolute Gasteiger partial charge is 0.469 e. The van der Waals surface area contributed by atoms with Gasteiger partial charge < -0.3 is 20.3 Å². The monoisotopic (exact) mass is 449 g/mol. The lowest BCUT2D eigenvalue weighted by atomic mass is 9.43. The van der Waals surface area contributed by atoms with E-state index in [4.69, 9.17) is 4.74 Å². The molecule has 5 unspecified atom stereocenters. The van der Waals surface area contributed by atoms with Crippen LogP contribution in [0.3, 0.4) is 0 Å². The van der Waals surface area contributed by atoms with E-state index in [2.05, 4.69) is 33.0 Å². The van der Waals surface area contributed by atoms with Crippen LogP contribution in [-0.4, -0.2) is 48.1 Å². The Morgan fingerprint density at radius 2 is 1.88 bits per heavy atom. The average molecular weight is 450 g/mol. The molecule has 0 saturated heterocycles. The molecular formula is C27H47NO4. The van der Waals surface area contributed by atoms with Gasteiger partial charge >= 0.3 is 5.97 Å². The van der Waals surface area contributed by atoms with Crippen molar-refractivity contribution in [1.82, 2.24) is 5.32 Å². The summed E-state index contributed by atoms with van der Waals surface area (Å²) in [7, 11) is 1.45. The van der Waals surface area contributed by atoms with Crippen LogP contribution in [0.25, 0.3) is 0 Å². The number of aliphatic hydroxyl groups is 2. The molecule has 184 valence electrons. The molecule has 0 bridgehead atoms. The molecule has 5 heteroatoms. The number of rotatable bonds is 6. The van der Waals surface area contributed by atoms with E-state index < -0.39 is 0 Å². The number of methoxy groups -OCH3 is 1. The smallest absolute Gasteiger partial charge is 0.305 e. The zero-order valence-electron chi connectivity index (χ0n) is 21.0. The predicted molar refractivity (Wildman–Crippen MR) is 126 cm³/mol. The Bertz CT molecular complexity index is 685. The topological polar surface area (TPSA) is 78.8 Å². The molecule has 4 aliphatic rings. The van der Waals surface area contributed by atoms with E-state index in [0.717, 1.165) is 45.1 Å². The molecular weight excluding hydrogens is 402 g/mol. The Kier molecular flexibility index (Phi) is 7.03. The molecule has 0 radical (unpaired) electrons. The highest BCUT2D eigenvalue weighted by Crippen LogP contribution is 2.68. The molecule has 0 aromatic carbocycles. The van der Waals surface area contributed by atoms with Gasteiger partial charge in [0.15, 0.2) is 0 Å². The molecule has 4 aliphatic carbocycles. The second-order valence-electron chi connectivity index (χ2n) is 12.2. The third kappa shape index (κ3) is 3.84. The molecule has 0 aromatic heterocycles. The number of ether oxygens (including phenoxy) is 1. The minimum Gasteiger partial charge on any atom is -0.469 e. The molecule has 4 rings (SSSR count). The maximum absolute atomic E-state index is 11.7. The SMILES string of the molecule is CCN[C@H]1CC[C@]2(C)C3C[C@H](O)[C@@]4(C)C(CC[C@@H]4C(C)CCC(=O)OC)C3C(O)C[C@@H]2C1. The van der Waals surface area contributed by atoms with Gasteiger partial charge in [-0.25, -0.2) is 0 Å². The summed E-state index contributed by atoms with van der Waals surface area (Å²) in [5, 5.41) is 26.8. The third-order valence-corrected chi connectivity index (χ3v) is 11.1. The lowest BCUT2D eigenvalue weighted by Gasteiger charge is -2.63. The first-order valence-corrected chi connectivity index (χ1v) is 13.3. The number of carbonyl (C=O) groups is 1. The van der Waals surface area contributed by atoms with Crippen LogP contribution in [0, 0.1) is 46.3 Å². The van der Waals surface area contributed by atoms with Crippen molar-refractivity contribution in [2.45, 2.75) is 104 Å². The van der Waals surface area contributed by atoms with Gasteiger partial charge in [0.05, 0.1) is 19.3 Å². The fraction of sp³-hybridized carbons (Fsp3) is 0.963. The minimum atomic E-state index is -0.323. The molecule has 4 saturated carbocycles. The van der Waals surface area contributed by atoms with Crippen LogP contribution < -0.4 is 5.32 Å². The van der Waals surface area contributed by atoms with Crippen molar-refractivity contribution in [3.05, 3.63) is 0 Å². The third-order valence-electron chi connectivity index (χ3n) is 11.1. The van der Waals surface area contributed by atoms with Crippen LogP contribution in [0.2, 0.25) is 0 Å². The van der Waals surface area contributed by atoms with Gasteiger partial charge in [-0.05, 0) is 104 Å². The van der Waals surface area contributed by atoms with Crippen LogP contribution in [0.4, 0.5) is 0 Å². The summed E-state index contributed by atoms with van der Waals surface area (Å²) in [6.45, 7) is 10.2. The second-order valence-corrected chi connectivity index (χ2v) is 12.2. The molecule has 4 fully saturated rings. The van der Waals surface area contributed by atoms with Gasteiger partial charge in [0.2, 0.25) is 0 Å². The molecule has 11 atom stereocenters. The number of aliphatic hydroxyl groups excluding tert-OH is 2. The molecule has 32 heavy (non-hydrogen) atoms. The van der Waals surface area contributed by atoms with Gasteiger partial charge in [0.25, 0.3) is 0 Å². The van der Waals surface area contributed by atoms with Crippen molar-refractivity contribution >= 4 is 5.97 Å². The Morgan fingerprint density at radius 3 is 2.56 bits per heavy atom. The maximum Gasteiger partial charge on any atom is 0.305 e. The Labute approximate surface area is 195 Å². The summed E-state index contributed by atoms with van der Waals surface area (Å²) in [5.41, 5.74) is 0.0641. The highest BCUT2D eigenvalue weighted by molar-refractivity contribution is 5.69. The zero-order valence-corrected chi connectivity index (χ0v) is 21.0. The first kappa shape index (κ1) is 24.5. The maximum atomic E-state index is 11.7. The van der Waals surface area contributed by atoms with Crippen molar-refractivity contribution in [2.75, 3.05) is 13.7 Å². The molecule has 0 aromatic rings. The van der Waals surface area contributed by atoms with Crippen molar-refractivity contribution in [2.24, 2.45) is 46.3 Å². The van der Waals surface area contributed by atoms with Gasteiger partial charge in [-0.2, -0.15) is 0 Å². The van der Waals surface area contributed by atoms with Crippen molar-refractivity contribution in [3.63, 3.8) is 0 Å². The fourth-order valence-electron chi connectivity index (χ4n) is 9.28. The Balaban J connectivity index is 1.55. The van der Waals surface area contributed by atoms with Gasteiger partial charge in [-0.15, -0.1) is 0 Å². The van der Waals surface area contributed by atoms with Crippen molar-refractivity contribution in [1.29, 1.82) is 0 Å². The summed E-state index contributed by atoms with van der Waals surface area (Å²) in [6.07, 6.45) is 8.22.